The number of anilines is 1. The fraction of sp³-hybridized carbons (Fsp3) is 0.556. The SMILES string of the molecule is NC(=O)CO[C@@H]1COCC[C@H]1NC(=O)c1ccc(N2CCOCC2)cc1. The number of carbonyl (C=O) groups excluding carboxylic acids is 2. The Balaban J connectivity index is 1.58. The van der Waals surface area contributed by atoms with Gasteiger partial charge in [0.2, 0.25) is 5.91 Å². The van der Waals surface area contributed by atoms with Gasteiger partial charge in [-0.05, 0) is 30.7 Å². The summed E-state index contributed by atoms with van der Waals surface area (Å²) in [5.41, 5.74) is 6.79. The predicted molar refractivity (Wildman–Crippen MR) is 95.1 cm³/mol. The van der Waals surface area contributed by atoms with Crippen LogP contribution in [0.15, 0.2) is 24.3 Å². The summed E-state index contributed by atoms with van der Waals surface area (Å²) in [5, 5.41) is 2.98. The molecule has 26 heavy (non-hydrogen) atoms. The van der Waals surface area contributed by atoms with Gasteiger partial charge < -0.3 is 30.2 Å². The van der Waals surface area contributed by atoms with Crippen LogP contribution in [-0.2, 0) is 19.0 Å². The number of nitrogens with two attached hydrogens (primary N) is 1. The summed E-state index contributed by atoms with van der Waals surface area (Å²) in [7, 11) is 0. The number of morpholine rings is 1. The molecule has 2 amide bonds. The highest BCUT2D eigenvalue weighted by Gasteiger charge is 2.28. The van der Waals surface area contributed by atoms with Crippen molar-refractivity contribution in [2.24, 2.45) is 5.73 Å². The molecule has 0 unspecified atom stereocenters. The van der Waals surface area contributed by atoms with Crippen molar-refractivity contribution < 1.29 is 23.8 Å². The van der Waals surface area contributed by atoms with Crippen LogP contribution < -0.4 is 16.0 Å². The molecular weight excluding hydrogens is 338 g/mol. The molecule has 3 rings (SSSR count). The molecule has 2 aliphatic rings. The fourth-order valence-corrected chi connectivity index (χ4v) is 3.13. The molecule has 142 valence electrons. The normalized spacial score (nSPS) is 23.5. The second kappa shape index (κ2) is 8.98. The standard InChI is InChI=1S/C18H25N3O5/c19-17(22)12-26-16-11-25-8-5-15(16)20-18(23)13-1-3-14(4-2-13)21-6-9-24-10-7-21/h1-4,15-16H,5-12H2,(H2,19,22)(H,20,23)/t15-,16-/m1/s1. The predicted octanol–water partition coefficient (Wildman–Crippen LogP) is -0.0876. The maximum absolute atomic E-state index is 12.6. The Labute approximate surface area is 152 Å². The van der Waals surface area contributed by atoms with Crippen molar-refractivity contribution in [2.45, 2.75) is 18.6 Å². The van der Waals surface area contributed by atoms with Crippen LogP contribution in [0.1, 0.15) is 16.8 Å². The molecule has 3 N–H and O–H groups in total. The van der Waals surface area contributed by atoms with Crippen LogP contribution in [0.2, 0.25) is 0 Å². The number of hydrogen-bond acceptors (Lipinski definition) is 6. The molecule has 0 spiro atoms. The fourth-order valence-electron chi connectivity index (χ4n) is 3.13. The summed E-state index contributed by atoms with van der Waals surface area (Å²) in [6.45, 7) is 3.83. The number of carbonyl (C=O) groups is 2. The van der Waals surface area contributed by atoms with Crippen molar-refractivity contribution in [2.75, 3.05) is 51.0 Å². The number of primary amides is 1. The minimum atomic E-state index is -0.542. The first kappa shape index (κ1) is 18.6. The molecule has 2 saturated heterocycles. The lowest BCUT2D eigenvalue weighted by Gasteiger charge is -2.32. The topological polar surface area (TPSA) is 103 Å². The van der Waals surface area contributed by atoms with E-state index in [9.17, 15) is 9.59 Å². The van der Waals surface area contributed by atoms with E-state index in [0.717, 1.165) is 32.0 Å². The van der Waals surface area contributed by atoms with Crippen LogP contribution in [0, 0.1) is 0 Å². The summed E-state index contributed by atoms with van der Waals surface area (Å²) in [6.07, 6.45) is 0.244. The second-order valence-electron chi connectivity index (χ2n) is 6.41. The van der Waals surface area contributed by atoms with Gasteiger partial charge in [0.15, 0.2) is 0 Å². The molecular formula is C18H25N3O5. The smallest absolute Gasteiger partial charge is 0.251 e. The van der Waals surface area contributed by atoms with Gasteiger partial charge in [-0.25, -0.2) is 0 Å². The molecule has 0 bridgehead atoms. The van der Waals surface area contributed by atoms with Gasteiger partial charge in [-0.15, -0.1) is 0 Å². The van der Waals surface area contributed by atoms with E-state index >= 15 is 0 Å². The van der Waals surface area contributed by atoms with E-state index < -0.39 is 5.91 Å². The van der Waals surface area contributed by atoms with Gasteiger partial charge in [-0.2, -0.15) is 0 Å². The van der Waals surface area contributed by atoms with E-state index in [1.165, 1.54) is 0 Å². The Kier molecular flexibility index (Phi) is 6.43. The molecule has 8 heteroatoms. The third kappa shape index (κ3) is 4.94. The molecule has 1 aromatic carbocycles. The highest BCUT2D eigenvalue weighted by atomic mass is 16.5. The van der Waals surface area contributed by atoms with Gasteiger partial charge in [0, 0.05) is 30.9 Å². The summed E-state index contributed by atoms with van der Waals surface area (Å²) in [5.74, 6) is -0.711. The molecule has 1 aromatic rings. The monoisotopic (exact) mass is 363 g/mol. The average molecular weight is 363 g/mol. The van der Waals surface area contributed by atoms with Gasteiger partial charge in [-0.1, -0.05) is 0 Å². The number of hydrogen-bond donors (Lipinski definition) is 2. The van der Waals surface area contributed by atoms with Crippen molar-refractivity contribution in [1.82, 2.24) is 5.32 Å². The van der Waals surface area contributed by atoms with E-state index in [-0.39, 0.29) is 24.7 Å². The minimum absolute atomic E-state index is 0.168. The van der Waals surface area contributed by atoms with Crippen LogP contribution in [-0.4, -0.2) is 70.1 Å². The van der Waals surface area contributed by atoms with Gasteiger partial charge in [0.25, 0.3) is 5.91 Å². The number of nitrogens with one attached hydrogen (secondary N) is 1. The highest BCUT2D eigenvalue weighted by molar-refractivity contribution is 5.94. The van der Waals surface area contributed by atoms with Crippen LogP contribution in [0.25, 0.3) is 0 Å². The first-order chi connectivity index (χ1) is 12.6. The van der Waals surface area contributed by atoms with Gasteiger partial charge in [-0.3, -0.25) is 9.59 Å². The maximum atomic E-state index is 12.6. The van der Waals surface area contributed by atoms with Crippen LogP contribution in [0.5, 0.6) is 0 Å². The van der Waals surface area contributed by atoms with Gasteiger partial charge >= 0.3 is 0 Å². The maximum Gasteiger partial charge on any atom is 0.251 e. The lowest BCUT2D eigenvalue weighted by Crippen LogP contribution is -2.50. The van der Waals surface area contributed by atoms with Gasteiger partial charge in [0.1, 0.15) is 12.7 Å². The van der Waals surface area contributed by atoms with Crippen molar-refractivity contribution in [3.05, 3.63) is 29.8 Å². The zero-order chi connectivity index (χ0) is 18.4. The number of ether oxygens (including phenoxy) is 3. The Hall–Kier alpha value is -2.16. The zero-order valence-electron chi connectivity index (χ0n) is 14.7. The lowest BCUT2D eigenvalue weighted by molar-refractivity contribution is -0.129. The molecule has 2 aliphatic heterocycles. The van der Waals surface area contributed by atoms with E-state index in [0.29, 0.717) is 25.2 Å². The van der Waals surface area contributed by atoms with E-state index in [2.05, 4.69) is 10.2 Å². The molecule has 2 atom stereocenters. The Morgan fingerprint density at radius 2 is 1.88 bits per heavy atom. The molecule has 2 heterocycles. The molecule has 0 radical (unpaired) electrons. The third-order valence-electron chi connectivity index (χ3n) is 4.57. The highest BCUT2D eigenvalue weighted by Crippen LogP contribution is 2.18. The second-order valence-corrected chi connectivity index (χ2v) is 6.41. The van der Waals surface area contributed by atoms with Crippen LogP contribution in [0.3, 0.4) is 0 Å². The number of rotatable bonds is 6. The molecule has 0 saturated carbocycles. The number of benzene rings is 1. The van der Waals surface area contributed by atoms with E-state index in [4.69, 9.17) is 19.9 Å². The summed E-state index contributed by atoms with van der Waals surface area (Å²) >= 11 is 0. The summed E-state index contributed by atoms with van der Waals surface area (Å²) in [6, 6.07) is 7.32. The van der Waals surface area contributed by atoms with E-state index in [1.807, 2.05) is 24.3 Å². The van der Waals surface area contributed by atoms with Crippen LogP contribution >= 0.6 is 0 Å². The largest absolute Gasteiger partial charge is 0.379 e. The zero-order valence-corrected chi connectivity index (χ0v) is 14.7. The first-order valence-corrected chi connectivity index (χ1v) is 8.85. The Morgan fingerprint density at radius 1 is 1.15 bits per heavy atom. The minimum Gasteiger partial charge on any atom is -0.379 e. The summed E-state index contributed by atoms with van der Waals surface area (Å²) < 4.78 is 16.2. The van der Waals surface area contributed by atoms with Gasteiger partial charge in [0.05, 0.1) is 25.9 Å². The number of amides is 2. The Bertz CT molecular complexity index is 616. The first-order valence-electron chi connectivity index (χ1n) is 8.85. The number of nitrogens with zero attached hydrogens (tertiary/aromatic N) is 1. The third-order valence-corrected chi connectivity index (χ3v) is 4.57. The Morgan fingerprint density at radius 3 is 2.58 bits per heavy atom. The molecule has 0 aliphatic carbocycles. The molecule has 8 nitrogen and oxygen atoms in total. The molecule has 0 aromatic heterocycles. The quantitative estimate of drug-likeness (QED) is 0.732. The van der Waals surface area contributed by atoms with Crippen molar-refractivity contribution >= 4 is 17.5 Å². The van der Waals surface area contributed by atoms with E-state index in [1.54, 1.807) is 0 Å². The molecule has 2 fully saturated rings. The van der Waals surface area contributed by atoms with Crippen molar-refractivity contribution in [1.29, 1.82) is 0 Å². The average Bonchev–Trinajstić information content (AvgIpc) is 2.68. The summed E-state index contributed by atoms with van der Waals surface area (Å²) in [4.78, 5) is 25.7. The van der Waals surface area contributed by atoms with Crippen molar-refractivity contribution in [3.8, 4) is 0 Å². The van der Waals surface area contributed by atoms with Crippen molar-refractivity contribution in [3.63, 3.8) is 0 Å². The lowest BCUT2D eigenvalue weighted by atomic mass is 10.0. The van der Waals surface area contributed by atoms with Crippen LogP contribution in [0.4, 0.5) is 5.69 Å².